The average Bonchev–Trinajstić information content (AvgIpc) is 2.70. The van der Waals surface area contributed by atoms with Crippen LogP contribution in [0.3, 0.4) is 0 Å². The molecule has 179 valence electrons. The molecule has 0 aliphatic rings. The van der Waals surface area contributed by atoms with Gasteiger partial charge in [-0.3, -0.25) is 4.79 Å². The zero-order chi connectivity index (χ0) is 22.7. The lowest BCUT2D eigenvalue weighted by Crippen LogP contribution is -2.43. The van der Waals surface area contributed by atoms with E-state index in [0.717, 1.165) is 30.2 Å². The standard InChI is InChI=1S/C26H53NO3/c1-7-8-9-10-11-12-13-14-15-16-17-18-19-20-25(28)23-30-26(29-6)22-21-24(2)27(3,4)5/h24,26H,2,7-23H2,1,3-6H3/q+1. The van der Waals surface area contributed by atoms with E-state index in [1.165, 1.54) is 70.6 Å². The Morgan fingerprint density at radius 1 is 0.800 bits per heavy atom. The van der Waals surface area contributed by atoms with Crippen molar-refractivity contribution in [2.24, 2.45) is 0 Å². The number of Topliss-reactive ketones (excluding diaryl/α,β-unsaturated/α-hetero) is 1. The number of hydrogen-bond donors (Lipinski definition) is 0. The summed E-state index contributed by atoms with van der Waals surface area (Å²) in [6.45, 7) is 6.65. The Balaban J connectivity index is 3.54. The van der Waals surface area contributed by atoms with Crippen molar-refractivity contribution in [1.29, 1.82) is 0 Å². The smallest absolute Gasteiger partial charge is 0.158 e. The van der Waals surface area contributed by atoms with Gasteiger partial charge in [0, 0.05) is 33.3 Å². The molecule has 0 N–H and O–H groups in total. The number of quaternary nitrogens is 1. The Bertz CT molecular complexity index is 392. The molecule has 0 fully saturated rings. The molecule has 0 rings (SSSR count). The van der Waals surface area contributed by atoms with Crippen LogP contribution in [0.4, 0.5) is 0 Å². The van der Waals surface area contributed by atoms with Gasteiger partial charge in [0.2, 0.25) is 0 Å². The fraction of sp³-hybridized carbons (Fsp3) is 0.923. The summed E-state index contributed by atoms with van der Waals surface area (Å²) in [5, 5.41) is 0. The number of carbonyl (C=O) groups is 1. The van der Waals surface area contributed by atoms with Crippen LogP contribution in [-0.2, 0) is 14.3 Å². The number of hydrogen-bond acceptors (Lipinski definition) is 3. The molecule has 4 heteroatoms. The zero-order valence-electron chi connectivity index (χ0n) is 21.1. The van der Waals surface area contributed by atoms with E-state index in [1.807, 2.05) is 0 Å². The third kappa shape index (κ3) is 18.3. The predicted octanol–water partition coefficient (Wildman–Crippen LogP) is 6.71. The largest absolute Gasteiger partial charge is 0.356 e. The molecule has 0 bridgehead atoms. The maximum Gasteiger partial charge on any atom is 0.158 e. The minimum atomic E-state index is -0.309. The van der Waals surface area contributed by atoms with E-state index in [1.54, 1.807) is 7.11 Å². The molecule has 2 atom stereocenters. The fourth-order valence-electron chi connectivity index (χ4n) is 3.58. The maximum absolute atomic E-state index is 12.1. The topological polar surface area (TPSA) is 35.5 Å². The number of unbranched alkanes of at least 4 members (excludes halogenated alkanes) is 12. The summed E-state index contributed by atoms with van der Waals surface area (Å²) in [5.41, 5.74) is 0. The second-order valence-electron chi connectivity index (χ2n) is 9.85. The van der Waals surface area contributed by atoms with Crippen LogP contribution in [0.5, 0.6) is 0 Å². The van der Waals surface area contributed by atoms with Crippen LogP contribution in [0.2, 0.25) is 0 Å². The second kappa shape index (κ2) is 19.3. The molecule has 0 heterocycles. The lowest BCUT2D eigenvalue weighted by molar-refractivity contribution is -0.890. The highest BCUT2D eigenvalue weighted by Gasteiger charge is 2.20. The van der Waals surface area contributed by atoms with E-state index in [9.17, 15) is 4.79 Å². The number of ketones is 1. The van der Waals surface area contributed by atoms with Crippen LogP contribution in [0.15, 0.2) is 0 Å². The monoisotopic (exact) mass is 427 g/mol. The Kier molecular flexibility index (Phi) is 19.0. The molecule has 0 aromatic carbocycles. The molecule has 0 spiro atoms. The molecule has 30 heavy (non-hydrogen) atoms. The van der Waals surface area contributed by atoms with E-state index in [0.29, 0.717) is 6.42 Å². The Hall–Kier alpha value is -0.450. The highest BCUT2D eigenvalue weighted by molar-refractivity contribution is 5.79. The van der Waals surface area contributed by atoms with Crippen LogP contribution in [0.1, 0.15) is 110 Å². The molecule has 1 radical (unpaired) electrons. The molecule has 4 nitrogen and oxygen atoms in total. The first-order valence-electron chi connectivity index (χ1n) is 12.6. The van der Waals surface area contributed by atoms with Gasteiger partial charge in [-0.25, -0.2) is 0 Å². The lowest BCUT2D eigenvalue weighted by Gasteiger charge is -2.32. The van der Waals surface area contributed by atoms with Crippen LogP contribution in [0.25, 0.3) is 0 Å². The van der Waals surface area contributed by atoms with Gasteiger partial charge >= 0.3 is 0 Å². The van der Waals surface area contributed by atoms with Gasteiger partial charge in [-0.1, -0.05) is 84.0 Å². The van der Waals surface area contributed by atoms with Crippen LogP contribution in [-0.4, -0.2) is 57.5 Å². The van der Waals surface area contributed by atoms with Gasteiger partial charge in [0.05, 0.1) is 27.2 Å². The van der Waals surface area contributed by atoms with E-state index in [2.05, 4.69) is 35.0 Å². The van der Waals surface area contributed by atoms with Crippen molar-refractivity contribution < 1.29 is 18.8 Å². The van der Waals surface area contributed by atoms with Crippen molar-refractivity contribution in [3.8, 4) is 0 Å². The summed E-state index contributed by atoms with van der Waals surface area (Å²) >= 11 is 0. The number of ether oxygens (including phenoxy) is 2. The first-order chi connectivity index (χ1) is 14.3. The van der Waals surface area contributed by atoms with Crippen molar-refractivity contribution in [3.05, 3.63) is 6.92 Å². The number of rotatable bonds is 22. The molecule has 0 aliphatic heterocycles. The quantitative estimate of drug-likeness (QED) is 0.109. The van der Waals surface area contributed by atoms with Gasteiger partial charge in [0.25, 0.3) is 0 Å². The summed E-state index contributed by atoms with van der Waals surface area (Å²) in [7, 11) is 8.06. The summed E-state index contributed by atoms with van der Waals surface area (Å²) in [6, 6.07) is 0.285. The lowest BCUT2D eigenvalue weighted by atomic mass is 10.0. The highest BCUT2D eigenvalue weighted by Crippen LogP contribution is 2.14. The number of carbonyl (C=O) groups excluding carboxylic acids is 1. The minimum Gasteiger partial charge on any atom is -0.356 e. The van der Waals surface area contributed by atoms with Crippen LogP contribution in [0, 0.1) is 6.92 Å². The van der Waals surface area contributed by atoms with Crippen molar-refractivity contribution in [2.75, 3.05) is 34.9 Å². The molecule has 0 aromatic rings. The van der Waals surface area contributed by atoms with Crippen LogP contribution >= 0.6 is 0 Å². The summed E-state index contributed by atoms with van der Waals surface area (Å²) < 4.78 is 11.9. The number of nitrogens with zero attached hydrogens (tertiary/aromatic N) is 1. The molecule has 0 aromatic heterocycles. The molecular formula is C26H53NO3+. The average molecular weight is 428 g/mol. The van der Waals surface area contributed by atoms with E-state index in [4.69, 9.17) is 9.47 Å². The summed E-state index contributed by atoms with van der Waals surface area (Å²) in [4.78, 5) is 12.1. The van der Waals surface area contributed by atoms with Gasteiger partial charge in [0.15, 0.2) is 12.1 Å². The molecule has 0 saturated heterocycles. The third-order valence-corrected chi connectivity index (χ3v) is 6.08. The normalized spacial score (nSPS) is 14.1. The highest BCUT2D eigenvalue weighted by atomic mass is 16.7. The van der Waals surface area contributed by atoms with Gasteiger partial charge in [-0.05, 0) is 6.42 Å². The first kappa shape index (κ1) is 29.5. The second-order valence-corrected chi connectivity index (χ2v) is 9.85. The third-order valence-electron chi connectivity index (χ3n) is 6.08. The molecule has 0 aliphatic carbocycles. The number of methoxy groups -OCH3 is 1. The predicted molar refractivity (Wildman–Crippen MR) is 128 cm³/mol. The fourth-order valence-corrected chi connectivity index (χ4v) is 3.58. The Morgan fingerprint density at radius 2 is 1.27 bits per heavy atom. The van der Waals surface area contributed by atoms with E-state index < -0.39 is 0 Å². The van der Waals surface area contributed by atoms with Crippen molar-refractivity contribution >= 4 is 5.78 Å². The Morgan fingerprint density at radius 3 is 1.70 bits per heavy atom. The van der Waals surface area contributed by atoms with Gasteiger partial charge < -0.3 is 14.0 Å². The van der Waals surface area contributed by atoms with Gasteiger partial charge in [-0.2, -0.15) is 0 Å². The zero-order valence-corrected chi connectivity index (χ0v) is 21.1. The molecule has 0 amide bonds. The minimum absolute atomic E-state index is 0.170. The molecule has 0 saturated carbocycles. The van der Waals surface area contributed by atoms with E-state index in [-0.39, 0.29) is 24.7 Å². The maximum atomic E-state index is 12.1. The Labute approximate surface area is 188 Å². The summed E-state index contributed by atoms with van der Waals surface area (Å²) in [6.07, 6.45) is 19.2. The van der Waals surface area contributed by atoms with Crippen LogP contribution < -0.4 is 0 Å². The van der Waals surface area contributed by atoms with Gasteiger partial charge in [0.1, 0.15) is 6.61 Å². The summed E-state index contributed by atoms with van der Waals surface area (Å²) in [5.74, 6) is 0.192. The van der Waals surface area contributed by atoms with Crippen molar-refractivity contribution in [3.63, 3.8) is 0 Å². The van der Waals surface area contributed by atoms with Crippen molar-refractivity contribution in [1.82, 2.24) is 0 Å². The van der Waals surface area contributed by atoms with Crippen molar-refractivity contribution in [2.45, 2.75) is 122 Å². The van der Waals surface area contributed by atoms with Gasteiger partial charge in [-0.15, -0.1) is 0 Å². The SMILES string of the molecule is [CH2]C(CCC(OC)OCC(=O)CCCCCCCCCCCCCCC)[N+](C)(C)C. The van der Waals surface area contributed by atoms with E-state index >= 15 is 0 Å². The molecular weight excluding hydrogens is 374 g/mol. The first-order valence-corrected chi connectivity index (χ1v) is 12.6. The molecule has 2 unspecified atom stereocenters.